The molecule has 0 radical (unpaired) electrons. The summed E-state index contributed by atoms with van der Waals surface area (Å²) in [4.78, 5) is 20.8. The van der Waals surface area contributed by atoms with E-state index < -0.39 is 16.0 Å². The van der Waals surface area contributed by atoms with E-state index in [1.54, 1.807) is 18.5 Å². The predicted octanol–water partition coefficient (Wildman–Crippen LogP) is 2.72. The smallest absolute Gasteiger partial charge is 0.338 e. The first kappa shape index (κ1) is 24.0. The summed E-state index contributed by atoms with van der Waals surface area (Å²) in [6, 6.07) is 9.39. The van der Waals surface area contributed by atoms with E-state index in [0.29, 0.717) is 37.6 Å². The van der Waals surface area contributed by atoms with Gasteiger partial charge in [-0.1, -0.05) is 5.16 Å². The minimum Gasteiger partial charge on any atom is -0.462 e. The number of morpholine rings is 1. The van der Waals surface area contributed by atoms with Crippen molar-refractivity contribution in [2.75, 3.05) is 19.7 Å². The van der Waals surface area contributed by atoms with Crippen molar-refractivity contribution in [3.05, 3.63) is 60.2 Å². The van der Waals surface area contributed by atoms with E-state index in [-0.39, 0.29) is 29.3 Å². The van der Waals surface area contributed by atoms with Crippen molar-refractivity contribution in [3.8, 4) is 11.4 Å². The highest BCUT2D eigenvalue weighted by Gasteiger charge is 2.32. The normalized spacial score (nSPS) is 19.1. The Bertz CT molecular complexity index is 1200. The molecule has 2 unspecified atom stereocenters. The highest BCUT2D eigenvalue weighted by atomic mass is 32.2. The summed E-state index contributed by atoms with van der Waals surface area (Å²) in [5.41, 5.74) is 1.03. The second-order valence-electron chi connectivity index (χ2n) is 8.10. The number of aromatic nitrogens is 3. The zero-order chi connectivity index (χ0) is 24.1. The molecule has 1 aromatic carbocycles. The molecule has 3 aromatic rings. The molecule has 2 aromatic heterocycles. The average Bonchev–Trinajstić information content (AvgIpc) is 3.31. The van der Waals surface area contributed by atoms with Crippen molar-refractivity contribution in [1.29, 1.82) is 0 Å². The number of carbonyl (C=O) groups excluding carboxylic acids is 1. The van der Waals surface area contributed by atoms with Crippen LogP contribution < -0.4 is 0 Å². The number of carbonyl (C=O) groups is 1. The number of ether oxygens (including phenoxy) is 2. The molecule has 11 heteroatoms. The van der Waals surface area contributed by atoms with E-state index in [0.717, 1.165) is 5.56 Å². The number of benzene rings is 1. The van der Waals surface area contributed by atoms with Crippen LogP contribution >= 0.6 is 0 Å². The molecule has 3 heterocycles. The zero-order valence-electron chi connectivity index (χ0n) is 19.0. The van der Waals surface area contributed by atoms with Crippen LogP contribution in [-0.2, 0) is 25.9 Å². The molecule has 0 saturated carbocycles. The molecule has 34 heavy (non-hydrogen) atoms. The molecule has 0 amide bonds. The summed E-state index contributed by atoms with van der Waals surface area (Å²) in [6.45, 7) is 4.43. The van der Waals surface area contributed by atoms with E-state index in [9.17, 15) is 13.2 Å². The minimum atomic E-state index is -3.67. The standard InChI is InChI=1S/C23H26N4O6S/c1-16-14-27(15-17(2)32-16)34(29,30)20-9-7-18(8-10-20)23(28)31-12-4-6-21-25-22(26-33-21)19-5-3-11-24-13-19/h3,5,7-11,13,16-17H,4,6,12,14-15H2,1-2H3. The molecule has 180 valence electrons. The van der Waals surface area contributed by atoms with E-state index in [2.05, 4.69) is 15.1 Å². The quantitative estimate of drug-likeness (QED) is 0.349. The van der Waals surface area contributed by atoms with Crippen LogP contribution in [-0.4, -0.2) is 65.7 Å². The summed E-state index contributed by atoms with van der Waals surface area (Å²) < 4.78 is 43.4. The first-order valence-corrected chi connectivity index (χ1v) is 12.4. The fourth-order valence-corrected chi connectivity index (χ4v) is 5.27. The average molecular weight is 487 g/mol. The van der Waals surface area contributed by atoms with Crippen LogP contribution in [0.1, 0.15) is 36.5 Å². The molecular formula is C23H26N4O6S. The second-order valence-corrected chi connectivity index (χ2v) is 10.0. The van der Waals surface area contributed by atoms with Gasteiger partial charge in [0.25, 0.3) is 0 Å². The van der Waals surface area contributed by atoms with E-state index in [4.69, 9.17) is 14.0 Å². The third kappa shape index (κ3) is 5.66. The Morgan fingerprint density at radius 2 is 1.88 bits per heavy atom. The Morgan fingerprint density at radius 3 is 2.56 bits per heavy atom. The van der Waals surface area contributed by atoms with Gasteiger partial charge in [-0.2, -0.15) is 9.29 Å². The Kier molecular flexibility index (Phi) is 7.35. The summed E-state index contributed by atoms with van der Waals surface area (Å²) in [6.07, 6.45) is 3.91. The zero-order valence-corrected chi connectivity index (χ0v) is 19.8. The Labute approximate surface area is 198 Å². The molecule has 0 spiro atoms. The van der Waals surface area contributed by atoms with Gasteiger partial charge in [0.15, 0.2) is 0 Å². The number of pyridine rings is 1. The van der Waals surface area contributed by atoms with Crippen molar-refractivity contribution in [2.24, 2.45) is 0 Å². The fraction of sp³-hybridized carbons (Fsp3) is 0.391. The molecule has 0 aliphatic carbocycles. The number of rotatable bonds is 8. The molecule has 1 fully saturated rings. The van der Waals surface area contributed by atoms with Gasteiger partial charge in [0, 0.05) is 37.5 Å². The lowest BCUT2D eigenvalue weighted by molar-refractivity contribution is -0.0440. The molecular weight excluding hydrogens is 460 g/mol. The van der Waals surface area contributed by atoms with Crippen molar-refractivity contribution < 1.29 is 27.2 Å². The van der Waals surface area contributed by atoms with Crippen molar-refractivity contribution in [3.63, 3.8) is 0 Å². The van der Waals surface area contributed by atoms with Crippen LogP contribution in [0.25, 0.3) is 11.4 Å². The Morgan fingerprint density at radius 1 is 1.15 bits per heavy atom. The highest BCUT2D eigenvalue weighted by Crippen LogP contribution is 2.22. The molecule has 1 aliphatic heterocycles. The predicted molar refractivity (Wildman–Crippen MR) is 121 cm³/mol. The van der Waals surface area contributed by atoms with Gasteiger partial charge in [0.1, 0.15) is 0 Å². The van der Waals surface area contributed by atoms with Gasteiger partial charge in [-0.3, -0.25) is 4.98 Å². The maximum Gasteiger partial charge on any atom is 0.338 e. The largest absolute Gasteiger partial charge is 0.462 e. The molecule has 0 bridgehead atoms. The maximum atomic E-state index is 12.9. The number of hydrogen-bond donors (Lipinski definition) is 0. The molecule has 0 N–H and O–H groups in total. The van der Waals surface area contributed by atoms with Crippen LogP contribution in [0.15, 0.2) is 58.2 Å². The van der Waals surface area contributed by atoms with Gasteiger partial charge in [-0.25, -0.2) is 13.2 Å². The molecule has 1 aliphatic rings. The first-order valence-electron chi connectivity index (χ1n) is 11.0. The van der Waals surface area contributed by atoms with Gasteiger partial charge in [0.2, 0.25) is 21.7 Å². The number of aryl methyl sites for hydroxylation is 1. The minimum absolute atomic E-state index is 0.131. The molecule has 2 atom stereocenters. The van der Waals surface area contributed by atoms with Gasteiger partial charge in [-0.05, 0) is 56.7 Å². The third-order valence-corrected chi connectivity index (χ3v) is 7.12. The number of sulfonamides is 1. The summed E-state index contributed by atoms with van der Waals surface area (Å²) in [7, 11) is -3.67. The van der Waals surface area contributed by atoms with Crippen molar-refractivity contribution in [2.45, 2.75) is 43.8 Å². The maximum absolute atomic E-state index is 12.9. The van der Waals surface area contributed by atoms with Crippen molar-refractivity contribution in [1.82, 2.24) is 19.4 Å². The van der Waals surface area contributed by atoms with Crippen LogP contribution in [0.3, 0.4) is 0 Å². The third-order valence-electron chi connectivity index (χ3n) is 5.27. The topological polar surface area (TPSA) is 125 Å². The summed E-state index contributed by atoms with van der Waals surface area (Å²) >= 11 is 0. The SMILES string of the molecule is CC1CN(S(=O)(=O)c2ccc(C(=O)OCCCc3nc(-c4cccnc4)no3)cc2)CC(C)O1. The lowest BCUT2D eigenvalue weighted by atomic mass is 10.2. The van der Waals surface area contributed by atoms with E-state index >= 15 is 0 Å². The Balaban J connectivity index is 1.27. The number of esters is 1. The molecule has 10 nitrogen and oxygen atoms in total. The fourth-order valence-electron chi connectivity index (χ4n) is 3.68. The lowest BCUT2D eigenvalue weighted by Crippen LogP contribution is -2.48. The van der Waals surface area contributed by atoms with Gasteiger partial charge in [0.05, 0.1) is 29.3 Å². The first-order chi connectivity index (χ1) is 16.3. The Hall–Kier alpha value is -3.15. The van der Waals surface area contributed by atoms with Gasteiger partial charge < -0.3 is 14.0 Å². The van der Waals surface area contributed by atoms with Crippen LogP contribution in [0.4, 0.5) is 0 Å². The number of hydrogen-bond acceptors (Lipinski definition) is 9. The van der Waals surface area contributed by atoms with E-state index in [1.165, 1.54) is 28.6 Å². The molecule has 1 saturated heterocycles. The van der Waals surface area contributed by atoms with Gasteiger partial charge >= 0.3 is 5.97 Å². The van der Waals surface area contributed by atoms with Gasteiger partial charge in [-0.15, -0.1) is 0 Å². The van der Waals surface area contributed by atoms with Crippen LogP contribution in [0.2, 0.25) is 0 Å². The van der Waals surface area contributed by atoms with E-state index in [1.807, 2.05) is 19.9 Å². The lowest BCUT2D eigenvalue weighted by Gasteiger charge is -2.34. The summed E-state index contributed by atoms with van der Waals surface area (Å²) in [5, 5.41) is 3.92. The van der Waals surface area contributed by atoms with Crippen molar-refractivity contribution >= 4 is 16.0 Å². The number of nitrogens with zero attached hydrogens (tertiary/aromatic N) is 4. The molecule has 4 rings (SSSR count). The monoisotopic (exact) mass is 486 g/mol. The second kappa shape index (κ2) is 10.4. The van der Waals surface area contributed by atoms with Crippen LogP contribution in [0, 0.1) is 0 Å². The highest BCUT2D eigenvalue weighted by molar-refractivity contribution is 7.89. The van der Waals surface area contributed by atoms with Crippen LogP contribution in [0.5, 0.6) is 0 Å². The summed E-state index contributed by atoms with van der Waals surface area (Å²) in [5.74, 6) is 0.367.